The number of nitriles is 1. The minimum atomic E-state index is -0.699. The van der Waals surface area contributed by atoms with Crippen molar-refractivity contribution in [3.05, 3.63) is 78.3 Å². The van der Waals surface area contributed by atoms with Gasteiger partial charge in [-0.2, -0.15) is 10.4 Å². The zero-order valence-corrected chi connectivity index (χ0v) is 21.1. The summed E-state index contributed by atoms with van der Waals surface area (Å²) in [6.07, 6.45) is 7.67. The maximum atomic E-state index is 13.1. The number of aromatic nitrogens is 4. The number of fused-ring (bicyclic) bond motifs is 1. The predicted octanol–water partition coefficient (Wildman–Crippen LogP) is 4.49. The molecule has 4 aromatic rings. The van der Waals surface area contributed by atoms with Crippen molar-refractivity contribution in [1.29, 1.82) is 10.7 Å². The molecule has 10 nitrogen and oxygen atoms in total. The Morgan fingerprint density at radius 1 is 1.26 bits per heavy atom. The fourth-order valence-electron chi connectivity index (χ4n) is 3.79. The largest absolute Gasteiger partial charge is 0.489 e. The first kappa shape index (κ1) is 26.2. The van der Waals surface area contributed by atoms with Crippen LogP contribution in [0.25, 0.3) is 16.6 Å². The van der Waals surface area contributed by atoms with Crippen LogP contribution < -0.4 is 15.0 Å². The monoisotopic (exact) mass is 514 g/mol. The van der Waals surface area contributed by atoms with Crippen LogP contribution in [-0.4, -0.2) is 50.7 Å². The molecule has 0 saturated carbocycles. The molecule has 38 heavy (non-hydrogen) atoms. The molecule has 2 atom stereocenters. The first-order valence-corrected chi connectivity index (χ1v) is 11.8. The molecule has 0 aliphatic carbocycles. The van der Waals surface area contributed by atoms with Gasteiger partial charge in [0.05, 0.1) is 41.8 Å². The summed E-state index contributed by atoms with van der Waals surface area (Å²) in [5.74, 6) is 1.00. The van der Waals surface area contributed by atoms with E-state index in [9.17, 15) is 14.8 Å². The Morgan fingerprint density at radius 2 is 2.08 bits per heavy atom. The second-order valence-corrected chi connectivity index (χ2v) is 8.70. The van der Waals surface area contributed by atoms with Gasteiger partial charge in [0.15, 0.2) is 5.83 Å². The number of nitrogens with one attached hydrogen (secondary N) is 2. The first-order valence-electron chi connectivity index (χ1n) is 11.8. The van der Waals surface area contributed by atoms with Crippen LogP contribution in [0.1, 0.15) is 31.0 Å². The van der Waals surface area contributed by atoms with Gasteiger partial charge < -0.3 is 25.5 Å². The Hall–Kier alpha value is -4.82. The summed E-state index contributed by atoms with van der Waals surface area (Å²) in [5, 5.41) is 33.0. The maximum absolute atomic E-state index is 13.1. The van der Waals surface area contributed by atoms with Crippen LogP contribution in [0.15, 0.2) is 67.1 Å². The van der Waals surface area contributed by atoms with Crippen molar-refractivity contribution in [3.63, 3.8) is 0 Å². The van der Waals surface area contributed by atoms with Gasteiger partial charge >= 0.3 is 0 Å². The molecule has 0 aliphatic rings. The number of hydrogen-bond donors (Lipinski definition) is 3. The quantitative estimate of drug-likeness (QED) is 0.263. The van der Waals surface area contributed by atoms with Gasteiger partial charge in [0.25, 0.3) is 0 Å². The molecule has 0 spiro atoms. The van der Waals surface area contributed by atoms with Gasteiger partial charge in [-0.1, -0.05) is 6.07 Å². The lowest BCUT2D eigenvalue weighted by molar-refractivity contribution is 0.122. The number of allylic oxidation sites excluding steroid dienone is 1. The topological polar surface area (TPSA) is 135 Å². The minimum Gasteiger partial charge on any atom is -0.489 e. The molecule has 0 amide bonds. The van der Waals surface area contributed by atoms with E-state index >= 15 is 0 Å². The molecule has 4 aromatic heterocycles. The smallest absolute Gasteiger partial charge is 0.156 e. The first-order chi connectivity index (χ1) is 18.3. The van der Waals surface area contributed by atoms with Crippen LogP contribution in [0.4, 0.5) is 16.0 Å². The molecule has 2 unspecified atom stereocenters. The van der Waals surface area contributed by atoms with Crippen LogP contribution in [-0.2, 0) is 0 Å². The molecule has 0 aliphatic heterocycles. The Labute approximate surface area is 219 Å². The van der Waals surface area contributed by atoms with E-state index in [2.05, 4.69) is 26.5 Å². The van der Waals surface area contributed by atoms with Crippen LogP contribution >= 0.6 is 0 Å². The highest BCUT2D eigenvalue weighted by Gasteiger charge is 2.17. The molecule has 4 heterocycles. The molecule has 0 aromatic carbocycles. The van der Waals surface area contributed by atoms with Crippen molar-refractivity contribution in [3.8, 4) is 22.9 Å². The average molecular weight is 515 g/mol. The molecular formula is C27H27FN8O2. The highest BCUT2D eigenvalue weighted by atomic mass is 19.1. The summed E-state index contributed by atoms with van der Waals surface area (Å²) in [4.78, 5) is 11.0. The number of aliphatic hydroxyl groups is 1. The zero-order chi connectivity index (χ0) is 27.2. The van der Waals surface area contributed by atoms with Crippen molar-refractivity contribution in [1.82, 2.24) is 19.6 Å². The van der Waals surface area contributed by atoms with E-state index in [1.807, 2.05) is 43.1 Å². The van der Waals surface area contributed by atoms with E-state index in [1.165, 1.54) is 6.20 Å². The number of anilines is 2. The predicted molar refractivity (Wildman–Crippen MR) is 143 cm³/mol. The SMILES string of the molecule is CC(O)COc1cc(-c2ccc(N(C)C(C)c3ccc(N/C=C(/F)C=N)nc3)nc2)c2c(C#N)cnn2c1. The van der Waals surface area contributed by atoms with Crippen molar-refractivity contribution in [2.45, 2.75) is 26.0 Å². The molecule has 4 rings (SSSR count). The van der Waals surface area contributed by atoms with E-state index in [0.29, 0.717) is 28.9 Å². The molecule has 0 fully saturated rings. The third-order valence-electron chi connectivity index (χ3n) is 5.96. The summed E-state index contributed by atoms with van der Waals surface area (Å²) < 4.78 is 20.4. The van der Waals surface area contributed by atoms with Crippen molar-refractivity contribution in [2.24, 2.45) is 0 Å². The summed E-state index contributed by atoms with van der Waals surface area (Å²) in [7, 11) is 1.93. The van der Waals surface area contributed by atoms with Crippen molar-refractivity contribution in [2.75, 3.05) is 23.9 Å². The van der Waals surface area contributed by atoms with Gasteiger partial charge in [-0.05, 0) is 43.7 Å². The maximum Gasteiger partial charge on any atom is 0.156 e. The number of ether oxygens (including phenoxy) is 1. The number of rotatable bonds is 10. The molecule has 0 radical (unpaired) electrons. The lowest BCUT2D eigenvalue weighted by Gasteiger charge is -2.26. The molecule has 0 bridgehead atoms. The fourth-order valence-corrected chi connectivity index (χ4v) is 3.79. The Kier molecular flexibility index (Phi) is 7.94. The molecule has 3 N–H and O–H groups in total. The highest BCUT2D eigenvalue weighted by Crippen LogP contribution is 2.32. The van der Waals surface area contributed by atoms with E-state index < -0.39 is 11.9 Å². The zero-order valence-electron chi connectivity index (χ0n) is 21.1. The van der Waals surface area contributed by atoms with Gasteiger partial charge in [0, 0.05) is 36.8 Å². The average Bonchev–Trinajstić information content (AvgIpc) is 3.37. The van der Waals surface area contributed by atoms with Gasteiger partial charge in [-0.3, -0.25) is 0 Å². The number of pyridine rings is 3. The van der Waals surface area contributed by atoms with Crippen LogP contribution in [0.5, 0.6) is 5.75 Å². The lowest BCUT2D eigenvalue weighted by Crippen LogP contribution is -2.22. The summed E-state index contributed by atoms with van der Waals surface area (Å²) in [5.41, 5.74) is 3.52. The third kappa shape index (κ3) is 5.77. The van der Waals surface area contributed by atoms with Crippen LogP contribution in [0, 0.1) is 16.7 Å². The molecule has 11 heteroatoms. The Morgan fingerprint density at radius 3 is 2.71 bits per heavy atom. The minimum absolute atomic E-state index is 0.0623. The van der Waals surface area contributed by atoms with E-state index in [-0.39, 0.29) is 12.6 Å². The van der Waals surface area contributed by atoms with Crippen molar-refractivity contribution >= 4 is 23.4 Å². The number of halogens is 1. The summed E-state index contributed by atoms with van der Waals surface area (Å²) in [6, 6.07) is 11.4. The number of aliphatic hydroxyl groups excluding tert-OH is 1. The lowest BCUT2D eigenvalue weighted by atomic mass is 10.0. The number of nitrogens with zero attached hydrogens (tertiary/aromatic N) is 6. The number of hydrogen-bond acceptors (Lipinski definition) is 9. The van der Waals surface area contributed by atoms with Gasteiger partial charge in [0.1, 0.15) is 30.1 Å². The second kappa shape index (κ2) is 11.5. The van der Waals surface area contributed by atoms with E-state index in [4.69, 9.17) is 10.1 Å². The standard InChI is InChI=1S/C27H27FN8O2/c1-17(37)16-38-23-8-24(27-21(9-29)13-34-36(27)15-23)20-5-7-26(33-12-20)35(3)18(2)19-4-6-25(31-11-19)32-14-22(28)10-30/h4-8,10-15,17-18,30,37H,16H2,1-3H3,(H,31,32)/b22-14+,30-10?. The Balaban J connectivity index is 1.57. The second-order valence-electron chi connectivity index (χ2n) is 8.70. The van der Waals surface area contributed by atoms with Crippen LogP contribution in [0.2, 0.25) is 0 Å². The molecule has 194 valence electrons. The van der Waals surface area contributed by atoms with Crippen molar-refractivity contribution < 1.29 is 14.2 Å². The third-order valence-corrected chi connectivity index (χ3v) is 5.96. The molecular weight excluding hydrogens is 487 g/mol. The van der Waals surface area contributed by atoms with Gasteiger partial charge in [0.2, 0.25) is 0 Å². The summed E-state index contributed by atoms with van der Waals surface area (Å²) in [6.45, 7) is 3.79. The van der Waals surface area contributed by atoms with E-state index in [0.717, 1.165) is 28.7 Å². The Bertz CT molecular complexity index is 1490. The summed E-state index contributed by atoms with van der Waals surface area (Å²) >= 11 is 0. The molecule has 0 saturated heterocycles. The van der Waals surface area contributed by atoms with Crippen LogP contribution in [0.3, 0.4) is 0 Å². The van der Waals surface area contributed by atoms with Gasteiger partial charge in [-0.15, -0.1) is 0 Å². The highest BCUT2D eigenvalue weighted by molar-refractivity contribution is 5.85. The normalized spacial score (nSPS) is 13.0. The fraction of sp³-hybridized carbons (Fsp3) is 0.222. The van der Waals surface area contributed by atoms with E-state index in [1.54, 1.807) is 36.1 Å². The van der Waals surface area contributed by atoms with Gasteiger partial charge in [-0.25, -0.2) is 18.9 Å².